The Balaban J connectivity index is 0.00000289. The van der Waals surface area contributed by atoms with E-state index in [0.717, 1.165) is 55.2 Å². The van der Waals surface area contributed by atoms with Gasteiger partial charge in [-0.05, 0) is 36.8 Å². The fourth-order valence-corrected chi connectivity index (χ4v) is 5.07. The summed E-state index contributed by atoms with van der Waals surface area (Å²) >= 11 is 1.40. The highest BCUT2D eigenvalue weighted by Crippen LogP contribution is 2.32. The van der Waals surface area contributed by atoms with Gasteiger partial charge in [0.15, 0.2) is 5.13 Å². The van der Waals surface area contributed by atoms with Gasteiger partial charge in [-0.1, -0.05) is 29.5 Å². The summed E-state index contributed by atoms with van der Waals surface area (Å²) in [6.45, 7) is 4.46. The first-order valence-corrected chi connectivity index (χ1v) is 12.0. The third-order valence-corrected chi connectivity index (χ3v) is 6.93. The van der Waals surface area contributed by atoms with E-state index < -0.39 is 11.5 Å². The average molecular weight is 516 g/mol. The molecule has 0 radical (unpaired) electrons. The van der Waals surface area contributed by atoms with Crippen molar-refractivity contribution < 1.29 is 18.7 Å². The Morgan fingerprint density at radius 1 is 1.17 bits per heavy atom. The minimum absolute atomic E-state index is 0. The van der Waals surface area contributed by atoms with E-state index in [1.54, 1.807) is 30.2 Å². The Bertz CT molecular complexity index is 1380. The standard InChI is InChI=1S/C25H25N3O5S.ClH/c1-31-18-7-8-20-22(16-18)34-25(26-20)28(10-4-9-27-11-13-32-14-12-27)23(29)19-15-17-5-2-3-6-21(17)33-24(19)30;/h2-3,5-8,15-16H,4,9-14H2,1H3;1H. The quantitative estimate of drug-likeness (QED) is 0.341. The van der Waals surface area contributed by atoms with E-state index >= 15 is 0 Å². The van der Waals surface area contributed by atoms with E-state index in [9.17, 15) is 9.59 Å². The monoisotopic (exact) mass is 515 g/mol. The number of aromatic nitrogens is 1. The first-order chi connectivity index (χ1) is 16.6. The van der Waals surface area contributed by atoms with Crippen LogP contribution in [0, 0.1) is 0 Å². The van der Waals surface area contributed by atoms with Crippen LogP contribution in [-0.4, -0.2) is 62.3 Å². The van der Waals surface area contributed by atoms with Gasteiger partial charge in [0, 0.05) is 31.6 Å². The molecule has 10 heteroatoms. The van der Waals surface area contributed by atoms with Crippen LogP contribution < -0.4 is 15.3 Å². The summed E-state index contributed by atoms with van der Waals surface area (Å²) < 4.78 is 17.1. The molecule has 35 heavy (non-hydrogen) atoms. The van der Waals surface area contributed by atoms with E-state index in [2.05, 4.69) is 4.90 Å². The van der Waals surface area contributed by atoms with Gasteiger partial charge in [0.2, 0.25) is 0 Å². The molecule has 2 aromatic heterocycles. The van der Waals surface area contributed by atoms with Crippen molar-refractivity contribution in [3.05, 3.63) is 64.5 Å². The van der Waals surface area contributed by atoms with Crippen LogP contribution in [0.25, 0.3) is 21.2 Å². The van der Waals surface area contributed by atoms with Gasteiger partial charge < -0.3 is 13.9 Å². The molecule has 1 amide bonds. The highest BCUT2D eigenvalue weighted by molar-refractivity contribution is 7.22. The minimum atomic E-state index is -0.648. The van der Waals surface area contributed by atoms with Gasteiger partial charge in [-0.25, -0.2) is 9.78 Å². The summed E-state index contributed by atoms with van der Waals surface area (Å²) in [5.74, 6) is 0.315. The van der Waals surface area contributed by atoms with Crippen LogP contribution in [0.5, 0.6) is 5.75 Å². The Morgan fingerprint density at radius 3 is 2.77 bits per heavy atom. The van der Waals surface area contributed by atoms with E-state index in [0.29, 0.717) is 22.6 Å². The van der Waals surface area contributed by atoms with E-state index in [-0.39, 0.29) is 18.0 Å². The molecule has 1 aliphatic heterocycles. The van der Waals surface area contributed by atoms with E-state index in [1.165, 1.54) is 11.3 Å². The number of rotatable bonds is 7. The summed E-state index contributed by atoms with van der Waals surface area (Å²) in [4.78, 5) is 35.0. The number of halogens is 1. The SMILES string of the molecule is COc1ccc2nc(N(CCCN3CCOCC3)C(=O)c3cc4ccccc4oc3=O)sc2c1.Cl. The van der Waals surface area contributed by atoms with E-state index in [1.807, 2.05) is 30.3 Å². The maximum absolute atomic E-state index is 13.7. The van der Waals surface area contributed by atoms with Crippen molar-refractivity contribution >= 4 is 56.0 Å². The van der Waals surface area contributed by atoms with Crippen molar-refractivity contribution in [3.63, 3.8) is 0 Å². The molecule has 0 N–H and O–H groups in total. The summed E-state index contributed by atoms with van der Waals surface area (Å²) in [6.07, 6.45) is 0.740. The molecule has 8 nitrogen and oxygen atoms in total. The largest absolute Gasteiger partial charge is 0.497 e. The Morgan fingerprint density at radius 2 is 1.97 bits per heavy atom. The number of morpholine rings is 1. The Hall–Kier alpha value is -2.98. The van der Waals surface area contributed by atoms with E-state index in [4.69, 9.17) is 18.9 Å². The molecule has 0 spiro atoms. The fourth-order valence-electron chi connectivity index (χ4n) is 4.05. The molecule has 0 atom stereocenters. The second-order valence-electron chi connectivity index (χ2n) is 8.08. The number of fused-ring (bicyclic) bond motifs is 2. The molecule has 2 aromatic carbocycles. The molecule has 0 aliphatic carbocycles. The van der Waals surface area contributed by atoms with Crippen molar-refractivity contribution in [1.29, 1.82) is 0 Å². The lowest BCUT2D eigenvalue weighted by atomic mass is 10.1. The summed E-state index contributed by atoms with van der Waals surface area (Å²) in [6, 6.07) is 14.4. The maximum Gasteiger partial charge on any atom is 0.349 e. The van der Waals surface area contributed by atoms with Crippen LogP contribution in [0.3, 0.4) is 0 Å². The molecule has 0 bridgehead atoms. The number of anilines is 1. The van der Waals surface area contributed by atoms with Gasteiger partial charge in [-0.15, -0.1) is 12.4 Å². The number of hydrogen-bond donors (Lipinski definition) is 0. The maximum atomic E-state index is 13.7. The number of nitrogens with zero attached hydrogens (tertiary/aromatic N) is 3. The van der Waals surface area contributed by atoms with Gasteiger partial charge in [0.1, 0.15) is 16.9 Å². The Labute approximate surface area is 212 Å². The normalized spacial score (nSPS) is 14.1. The fraction of sp³-hybridized carbons (Fsp3) is 0.320. The number of methoxy groups -OCH3 is 1. The molecular formula is C25H26ClN3O5S. The number of ether oxygens (including phenoxy) is 2. The molecule has 1 saturated heterocycles. The van der Waals surface area contributed by atoms with Crippen molar-refractivity contribution in [1.82, 2.24) is 9.88 Å². The third-order valence-electron chi connectivity index (χ3n) is 5.89. The zero-order chi connectivity index (χ0) is 23.5. The minimum Gasteiger partial charge on any atom is -0.497 e. The number of para-hydroxylation sites is 1. The van der Waals surface area contributed by atoms with Crippen LogP contribution in [0.15, 0.2) is 57.7 Å². The number of thiazole rings is 1. The van der Waals surface area contributed by atoms with Gasteiger partial charge in [0.05, 0.1) is 30.5 Å². The second-order valence-corrected chi connectivity index (χ2v) is 9.09. The van der Waals surface area contributed by atoms with Crippen LogP contribution in [0.2, 0.25) is 0 Å². The topological polar surface area (TPSA) is 85.1 Å². The van der Waals surface area contributed by atoms with Gasteiger partial charge in [-0.2, -0.15) is 0 Å². The average Bonchev–Trinajstić information content (AvgIpc) is 3.29. The first-order valence-electron chi connectivity index (χ1n) is 11.2. The first kappa shape index (κ1) is 25.1. The van der Waals surface area contributed by atoms with Crippen LogP contribution in [0.4, 0.5) is 5.13 Å². The summed E-state index contributed by atoms with van der Waals surface area (Å²) in [5, 5.41) is 1.25. The van der Waals surface area contributed by atoms with Gasteiger partial charge in [0.25, 0.3) is 5.91 Å². The highest BCUT2D eigenvalue weighted by Gasteiger charge is 2.25. The lowest BCUT2D eigenvalue weighted by Gasteiger charge is -2.27. The third kappa shape index (κ3) is 5.48. The molecule has 184 valence electrons. The lowest BCUT2D eigenvalue weighted by Crippen LogP contribution is -2.40. The molecule has 4 aromatic rings. The summed E-state index contributed by atoms with van der Waals surface area (Å²) in [7, 11) is 1.61. The Kier molecular flexibility index (Phi) is 8.02. The van der Waals surface area contributed by atoms with Crippen molar-refractivity contribution in [2.45, 2.75) is 6.42 Å². The molecule has 0 unspecified atom stereocenters. The molecule has 0 saturated carbocycles. The zero-order valence-corrected chi connectivity index (χ0v) is 20.9. The van der Waals surface area contributed by atoms with Crippen molar-refractivity contribution in [3.8, 4) is 5.75 Å². The lowest BCUT2D eigenvalue weighted by molar-refractivity contribution is 0.0376. The molecule has 1 aliphatic rings. The van der Waals surface area contributed by atoms with Gasteiger partial charge >= 0.3 is 5.63 Å². The highest BCUT2D eigenvalue weighted by atomic mass is 35.5. The molecule has 1 fully saturated rings. The number of benzene rings is 2. The predicted molar refractivity (Wildman–Crippen MR) is 139 cm³/mol. The number of carbonyl (C=O) groups is 1. The van der Waals surface area contributed by atoms with Crippen LogP contribution in [0.1, 0.15) is 16.8 Å². The van der Waals surface area contributed by atoms with Crippen molar-refractivity contribution in [2.75, 3.05) is 51.4 Å². The predicted octanol–water partition coefficient (Wildman–Crippen LogP) is 4.20. The smallest absolute Gasteiger partial charge is 0.349 e. The number of hydrogen-bond acceptors (Lipinski definition) is 8. The number of amides is 1. The number of carbonyl (C=O) groups excluding carboxylic acids is 1. The second kappa shape index (κ2) is 11.2. The van der Waals surface area contributed by atoms with Crippen molar-refractivity contribution in [2.24, 2.45) is 0 Å². The molecule has 3 heterocycles. The van der Waals surface area contributed by atoms with Crippen LogP contribution >= 0.6 is 23.7 Å². The van der Waals surface area contributed by atoms with Crippen LogP contribution in [-0.2, 0) is 4.74 Å². The summed E-state index contributed by atoms with van der Waals surface area (Å²) in [5.41, 5.74) is 0.582. The zero-order valence-electron chi connectivity index (χ0n) is 19.3. The molecular weight excluding hydrogens is 490 g/mol. The van der Waals surface area contributed by atoms with Gasteiger partial charge in [-0.3, -0.25) is 14.6 Å². The molecule has 5 rings (SSSR count).